The second kappa shape index (κ2) is 6.32. The van der Waals surface area contributed by atoms with Crippen molar-refractivity contribution in [3.05, 3.63) is 11.6 Å². The van der Waals surface area contributed by atoms with E-state index in [0.717, 1.165) is 12.8 Å². The molecular weight excluding hydrogens is 408 g/mol. The monoisotopic (exact) mass is 446 g/mol. The lowest BCUT2D eigenvalue weighted by Gasteiger charge is -2.68. The van der Waals surface area contributed by atoms with Crippen LogP contribution >= 0.6 is 0 Å². The van der Waals surface area contributed by atoms with Gasteiger partial charge in [0.2, 0.25) is 0 Å². The van der Waals surface area contributed by atoms with Crippen LogP contribution in [0.3, 0.4) is 0 Å². The molecule has 0 aromatic rings. The summed E-state index contributed by atoms with van der Waals surface area (Å²) in [5, 5.41) is 21.9. The van der Waals surface area contributed by atoms with Crippen molar-refractivity contribution >= 4 is 17.5 Å². The quantitative estimate of drug-likeness (QED) is 0.364. The van der Waals surface area contributed by atoms with Gasteiger partial charge in [0.05, 0.1) is 18.6 Å². The number of ketones is 2. The zero-order valence-electron chi connectivity index (χ0n) is 20.7. The minimum atomic E-state index is -2.25. The Hall–Kier alpha value is -1.53. The van der Waals surface area contributed by atoms with Crippen LogP contribution in [0, 0.1) is 38.9 Å². The molecule has 32 heavy (non-hydrogen) atoms. The number of hydrogen-bond donors (Lipinski definition) is 2. The molecule has 0 aliphatic heterocycles. The highest BCUT2D eigenvalue weighted by Gasteiger charge is 2.85. The van der Waals surface area contributed by atoms with Crippen molar-refractivity contribution in [1.29, 1.82) is 0 Å². The number of rotatable bonds is 1. The summed E-state index contributed by atoms with van der Waals surface area (Å²) < 4.78 is 5.27. The Morgan fingerprint density at radius 3 is 2.19 bits per heavy atom. The van der Waals surface area contributed by atoms with Gasteiger partial charge in [0.25, 0.3) is 0 Å². The molecule has 4 rings (SSSR count). The fourth-order valence-corrected chi connectivity index (χ4v) is 9.03. The van der Waals surface area contributed by atoms with Crippen molar-refractivity contribution in [2.24, 2.45) is 38.9 Å². The zero-order valence-corrected chi connectivity index (χ0v) is 20.7. The van der Waals surface area contributed by atoms with Gasteiger partial charge in [0.15, 0.2) is 22.6 Å². The lowest BCUT2D eigenvalue weighted by Crippen LogP contribution is -2.69. The third-order valence-corrected chi connectivity index (χ3v) is 10.8. The summed E-state index contributed by atoms with van der Waals surface area (Å²) in [4.78, 5) is 41.3. The molecule has 4 aliphatic carbocycles. The van der Waals surface area contributed by atoms with Gasteiger partial charge in [-0.15, -0.1) is 0 Å². The number of allylic oxidation sites excluding steroid dienone is 2. The summed E-state index contributed by atoms with van der Waals surface area (Å²) in [7, 11) is 1.25. The van der Waals surface area contributed by atoms with Crippen LogP contribution < -0.4 is 0 Å². The number of Topliss-reactive ketones (excluding diaryl/α,β-unsaturated/α-hetero) is 2. The van der Waals surface area contributed by atoms with Crippen LogP contribution in [0.5, 0.6) is 0 Å². The van der Waals surface area contributed by atoms with Crippen LogP contribution in [0.25, 0.3) is 0 Å². The van der Waals surface area contributed by atoms with Crippen LogP contribution in [0.2, 0.25) is 0 Å². The first-order valence-electron chi connectivity index (χ1n) is 11.8. The lowest BCUT2D eigenvalue weighted by molar-refractivity contribution is -0.214. The van der Waals surface area contributed by atoms with E-state index >= 15 is 0 Å². The molecule has 0 saturated heterocycles. The standard InChI is InChI=1S/C26H38O6/c1-14-13-16-22(4)11-10-17(27)21(2,3)15(22)9-12-23(16,5)26(20(30)32-8)19(29)25(7,31)18(28)24(14,26)6/h13,15-17,27,31H,9-12H2,1-8H3/t15-,16-,17-,22-,23-,24-,25-,26-/m0/s1. The molecule has 4 aliphatic rings. The zero-order chi connectivity index (χ0) is 24.3. The summed E-state index contributed by atoms with van der Waals surface area (Å²) in [5.74, 6) is -2.08. The fourth-order valence-electron chi connectivity index (χ4n) is 9.03. The molecule has 0 bridgehead atoms. The van der Waals surface area contributed by atoms with Crippen LogP contribution in [0.15, 0.2) is 11.6 Å². The summed E-state index contributed by atoms with van der Waals surface area (Å²) in [6.07, 6.45) is 4.35. The maximum atomic E-state index is 14.0. The van der Waals surface area contributed by atoms with Crippen LogP contribution in [-0.2, 0) is 19.1 Å². The fraction of sp³-hybridized carbons (Fsp3) is 0.808. The first-order chi connectivity index (χ1) is 14.5. The van der Waals surface area contributed by atoms with E-state index in [4.69, 9.17) is 4.74 Å². The number of carbonyl (C=O) groups excluding carboxylic acids is 3. The number of hydrogen-bond acceptors (Lipinski definition) is 6. The molecule has 0 radical (unpaired) electrons. The largest absolute Gasteiger partial charge is 0.468 e. The molecule has 3 saturated carbocycles. The van der Waals surface area contributed by atoms with Crippen LogP contribution in [0.1, 0.15) is 74.1 Å². The molecule has 0 amide bonds. The number of aliphatic hydroxyl groups is 2. The third kappa shape index (κ3) is 2.13. The second-order valence-corrected chi connectivity index (χ2v) is 12.3. The van der Waals surface area contributed by atoms with Gasteiger partial charge in [-0.1, -0.05) is 39.3 Å². The summed E-state index contributed by atoms with van der Waals surface area (Å²) in [5.41, 5.74) is -6.38. The predicted molar refractivity (Wildman–Crippen MR) is 118 cm³/mol. The summed E-state index contributed by atoms with van der Waals surface area (Å²) in [6.45, 7) is 13.0. The predicted octanol–water partition coefficient (Wildman–Crippen LogP) is 3.23. The van der Waals surface area contributed by atoms with E-state index in [2.05, 4.69) is 26.8 Å². The summed E-state index contributed by atoms with van der Waals surface area (Å²) in [6, 6.07) is 0. The van der Waals surface area contributed by atoms with Crippen molar-refractivity contribution in [2.75, 3.05) is 7.11 Å². The number of ether oxygens (including phenoxy) is 1. The van der Waals surface area contributed by atoms with Gasteiger partial charge in [-0.2, -0.15) is 0 Å². The molecule has 0 aromatic carbocycles. The van der Waals surface area contributed by atoms with Gasteiger partial charge in [0.1, 0.15) is 0 Å². The Labute approximate surface area is 190 Å². The Balaban J connectivity index is 2.05. The molecule has 0 heterocycles. The second-order valence-electron chi connectivity index (χ2n) is 12.3. The third-order valence-electron chi connectivity index (χ3n) is 10.8. The highest BCUT2D eigenvalue weighted by Crippen LogP contribution is 2.76. The normalized spacial score (nSPS) is 51.9. The average molecular weight is 447 g/mol. The smallest absolute Gasteiger partial charge is 0.321 e. The minimum Gasteiger partial charge on any atom is -0.468 e. The molecule has 3 fully saturated rings. The van der Waals surface area contributed by atoms with E-state index in [1.54, 1.807) is 13.8 Å². The van der Waals surface area contributed by atoms with Crippen molar-refractivity contribution < 1.29 is 29.3 Å². The van der Waals surface area contributed by atoms with Crippen molar-refractivity contribution in [2.45, 2.75) is 85.9 Å². The topological polar surface area (TPSA) is 101 Å². The molecule has 0 spiro atoms. The van der Waals surface area contributed by atoms with E-state index in [-0.39, 0.29) is 22.7 Å². The van der Waals surface area contributed by atoms with Gasteiger partial charge < -0.3 is 14.9 Å². The number of fused-ring (bicyclic) bond motifs is 5. The molecule has 6 nitrogen and oxygen atoms in total. The molecule has 0 aromatic heterocycles. The number of carbonyl (C=O) groups is 3. The maximum Gasteiger partial charge on any atom is 0.321 e. The lowest BCUT2D eigenvalue weighted by atomic mass is 9.34. The number of esters is 1. The minimum absolute atomic E-state index is 0.182. The Kier molecular flexibility index (Phi) is 4.67. The van der Waals surface area contributed by atoms with Crippen molar-refractivity contribution in [1.82, 2.24) is 0 Å². The molecule has 0 unspecified atom stereocenters. The number of aliphatic hydroxyl groups excluding tert-OH is 1. The Morgan fingerprint density at radius 1 is 1.03 bits per heavy atom. The van der Waals surface area contributed by atoms with Crippen LogP contribution in [-0.4, -0.2) is 46.6 Å². The van der Waals surface area contributed by atoms with E-state index in [1.807, 2.05) is 6.92 Å². The highest BCUT2D eigenvalue weighted by molar-refractivity contribution is 6.30. The molecule has 6 heteroatoms. The maximum absolute atomic E-state index is 14.0. The number of methoxy groups -OCH3 is 1. The first kappa shape index (κ1) is 23.6. The van der Waals surface area contributed by atoms with Crippen molar-refractivity contribution in [3.8, 4) is 0 Å². The van der Waals surface area contributed by atoms with Gasteiger partial charge in [-0.25, -0.2) is 0 Å². The van der Waals surface area contributed by atoms with E-state index in [1.165, 1.54) is 14.0 Å². The van der Waals surface area contributed by atoms with Crippen molar-refractivity contribution in [3.63, 3.8) is 0 Å². The average Bonchev–Trinajstić information content (AvgIpc) is 2.84. The Morgan fingerprint density at radius 2 is 1.62 bits per heavy atom. The van der Waals surface area contributed by atoms with Gasteiger partial charge >= 0.3 is 5.97 Å². The van der Waals surface area contributed by atoms with Gasteiger partial charge in [-0.3, -0.25) is 14.4 Å². The van der Waals surface area contributed by atoms with E-state index in [0.29, 0.717) is 18.4 Å². The molecule has 2 N–H and O–H groups in total. The van der Waals surface area contributed by atoms with Gasteiger partial charge in [-0.05, 0) is 74.5 Å². The van der Waals surface area contributed by atoms with Crippen LogP contribution in [0.4, 0.5) is 0 Å². The van der Waals surface area contributed by atoms with E-state index in [9.17, 15) is 24.6 Å². The summed E-state index contributed by atoms with van der Waals surface area (Å²) >= 11 is 0. The molecular formula is C26H38O6. The molecule has 8 atom stereocenters. The molecule has 178 valence electrons. The first-order valence-corrected chi connectivity index (χ1v) is 11.8. The van der Waals surface area contributed by atoms with Gasteiger partial charge in [0, 0.05) is 0 Å². The Bertz CT molecular complexity index is 946. The van der Waals surface area contributed by atoms with E-state index < -0.39 is 45.5 Å². The highest BCUT2D eigenvalue weighted by atomic mass is 16.5. The SMILES string of the molecule is COC(=O)[C@]12C(=O)[C@@](C)(O)C(=O)[C@]1(C)C(C)=C[C@H]1[C@@]3(C)CC[C@H](O)C(C)(C)[C@@H]3CC[C@@]12C.